The average Bonchev–Trinajstić information content (AvgIpc) is 3.17. The van der Waals surface area contributed by atoms with Crippen LogP contribution < -0.4 is 14.5 Å². The summed E-state index contributed by atoms with van der Waals surface area (Å²) in [6.07, 6.45) is 0. The minimum Gasteiger partial charge on any atom is -0.755 e. The molecule has 5 aromatic rings. The highest BCUT2D eigenvalue weighted by molar-refractivity contribution is 7.99. The molecule has 1 amide bonds. The van der Waals surface area contributed by atoms with Crippen molar-refractivity contribution in [3.8, 4) is 11.1 Å². The molecule has 0 saturated carbocycles. The van der Waals surface area contributed by atoms with Gasteiger partial charge in [-0.1, -0.05) is 54.6 Å². The van der Waals surface area contributed by atoms with E-state index >= 15 is 0 Å². The maximum Gasteiger partial charge on any atom is 0.335 e. The lowest BCUT2D eigenvalue weighted by Gasteiger charge is -2.36. The summed E-state index contributed by atoms with van der Waals surface area (Å²) in [5.74, 6) is -1.16. The molecule has 1 fully saturated rings. The van der Waals surface area contributed by atoms with E-state index in [9.17, 15) is 33.6 Å². The van der Waals surface area contributed by atoms with Crippen molar-refractivity contribution in [1.29, 1.82) is 0 Å². The van der Waals surface area contributed by atoms with Crippen molar-refractivity contribution in [3.63, 3.8) is 0 Å². The molecule has 0 radical (unpaired) electrons. The number of nitro groups is 1. The predicted octanol–water partition coefficient (Wildman–Crippen LogP) is 6.93. The Balaban J connectivity index is 1.08. The third kappa shape index (κ3) is 9.28. The van der Waals surface area contributed by atoms with Gasteiger partial charge in [-0.05, 0) is 77.4 Å². The van der Waals surface area contributed by atoms with Gasteiger partial charge in [0.05, 0.1) is 27.4 Å². The Morgan fingerprint density at radius 3 is 2.26 bits per heavy atom. The number of carboxylic acids is 1. The summed E-state index contributed by atoms with van der Waals surface area (Å²) < 4.78 is 25.2. The number of carboxylic acid groups (broad SMARTS) is 1. The van der Waals surface area contributed by atoms with E-state index in [1.165, 1.54) is 12.1 Å². The number of hydrogen-bond acceptors (Lipinski definition) is 10. The van der Waals surface area contributed by atoms with Crippen LogP contribution in [0, 0.1) is 10.1 Å². The van der Waals surface area contributed by atoms with E-state index in [0.29, 0.717) is 23.1 Å². The molecule has 1 atom stereocenters. The fraction of sp³-hybridized carbons (Fsp3) is 0.179. The maximum atomic E-state index is 13.5. The molecule has 272 valence electrons. The molecule has 14 heteroatoms. The Morgan fingerprint density at radius 2 is 1.57 bits per heavy atom. The highest BCUT2D eigenvalue weighted by Gasteiger charge is 2.24. The van der Waals surface area contributed by atoms with Crippen molar-refractivity contribution in [2.75, 3.05) is 53.0 Å². The molecule has 12 nitrogen and oxygen atoms in total. The number of carbonyl (C=O) groups excluding carboxylic acids is 1. The molecule has 1 heterocycles. The van der Waals surface area contributed by atoms with Crippen LogP contribution in [0.4, 0.5) is 22.7 Å². The first-order chi connectivity index (χ1) is 25.7. The second-order valence-electron chi connectivity index (χ2n) is 12.2. The van der Waals surface area contributed by atoms with Gasteiger partial charge in [-0.15, -0.1) is 11.8 Å². The summed E-state index contributed by atoms with van der Waals surface area (Å²) in [4.78, 5) is 41.9. The SMILES string of the molecule is O=C(O)c1cccc(-c2ccccc2CN2CCN(c3ccc(C(=O)N(c4ccc(NCCSc5ccccc5)c([N+](=O)[O-])c4)S(=O)[O-])cc3)CC2)c1. The van der Waals surface area contributed by atoms with Crippen LogP contribution in [-0.4, -0.2) is 74.0 Å². The van der Waals surface area contributed by atoms with Gasteiger partial charge in [-0.25, -0.2) is 9.10 Å². The number of carbonyl (C=O) groups is 2. The molecule has 0 aliphatic carbocycles. The Hall–Kier alpha value is -5.54. The van der Waals surface area contributed by atoms with Gasteiger partial charge in [0.15, 0.2) is 0 Å². The van der Waals surface area contributed by atoms with Crippen LogP contribution in [0.5, 0.6) is 0 Å². The zero-order valence-electron chi connectivity index (χ0n) is 28.5. The van der Waals surface area contributed by atoms with Gasteiger partial charge in [-0.2, -0.15) is 0 Å². The van der Waals surface area contributed by atoms with Gasteiger partial charge >= 0.3 is 5.97 Å². The van der Waals surface area contributed by atoms with Crippen LogP contribution in [0.1, 0.15) is 26.3 Å². The topological polar surface area (TPSA) is 159 Å². The minimum atomic E-state index is -3.04. The second kappa shape index (κ2) is 17.3. The van der Waals surface area contributed by atoms with Gasteiger partial charge in [0.2, 0.25) is 0 Å². The zero-order valence-corrected chi connectivity index (χ0v) is 30.1. The summed E-state index contributed by atoms with van der Waals surface area (Å²) in [5.41, 5.74) is 3.89. The highest BCUT2D eigenvalue weighted by atomic mass is 32.2. The predicted molar refractivity (Wildman–Crippen MR) is 207 cm³/mol. The lowest BCUT2D eigenvalue weighted by molar-refractivity contribution is -0.383. The smallest absolute Gasteiger partial charge is 0.335 e. The number of rotatable bonds is 14. The molecule has 53 heavy (non-hydrogen) atoms. The van der Waals surface area contributed by atoms with E-state index in [1.807, 2.05) is 54.6 Å². The number of thioether (sulfide) groups is 1. The maximum absolute atomic E-state index is 13.5. The minimum absolute atomic E-state index is 0.114. The molecule has 1 aliphatic heterocycles. The van der Waals surface area contributed by atoms with Crippen molar-refractivity contribution in [1.82, 2.24) is 4.90 Å². The van der Waals surface area contributed by atoms with Crippen LogP contribution in [0.2, 0.25) is 0 Å². The fourth-order valence-electron chi connectivity index (χ4n) is 6.19. The third-order valence-electron chi connectivity index (χ3n) is 8.86. The van der Waals surface area contributed by atoms with Crippen molar-refractivity contribution in [2.24, 2.45) is 0 Å². The zero-order chi connectivity index (χ0) is 37.3. The summed E-state index contributed by atoms with van der Waals surface area (Å²) in [7, 11) is 0. The average molecular weight is 751 g/mol. The van der Waals surface area contributed by atoms with Crippen LogP contribution in [0.25, 0.3) is 11.1 Å². The molecular formula is C39H36N5O7S2-. The molecule has 0 bridgehead atoms. The molecule has 1 aliphatic rings. The lowest BCUT2D eigenvalue weighted by atomic mass is 9.97. The van der Waals surface area contributed by atoms with Crippen molar-refractivity contribution in [2.45, 2.75) is 11.4 Å². The quantitative estimate of drug-likeness (QED) is 0.0399. The number of hydrogen-bond donors (Lipinski definition) is 2. The van der Waals surface area contributed by atoms with Crippen LogP contribution in [0.3, 0.4) is 0 Å². The van der Waals surface area contributed by atoms with Gasteiger partial charge in [0.1, 0.15) is 5.69 Å². The van der Waals surface area contributed by atoms with Gasteiger partial charge in [0.25, 0.3) is 11.6 Å². The van der Waals surface area contributed by atoms with Crippen molar-refractivity contribution < 1.29 is 28.4 Å². The van der Waals surface area contributed by atoms with Gasteiger partial charge in [0, 0.05) is 67.2 Å². The number of benzene rings is 5. The Bertz CT molecular complexity index is 2110. The number of aromatic carboxylic acids is 1. The van der Waals surface area contributed by atoms with E-state index in [0.717, 1.165) is 59.5 Å². The fourth-order valence-corrected chi connectivity index (χ4v) is 7.50. The number of nitro benzene ring substituents is 1. The first kappa shape index (κ1) is 37.2. The highest BCUT2D eigenvalue weighted by Crippen LogP contribution is 2.32. The standard InChI is InChI=1S/C39H37N5O7S2/c45-38(43(53(50)51)33-17-18-36(37(26-33)44(48)49)40-19-24-52-34-10-2-1-3-11-34)28-13-15-32(16-14-28)42-22-20-41(21-23-42)27-31-7-4-5-12-35(31)29-8-6-9-30(25-29)39(46)47/h1-18,25-26,40H,19-24,27H2,(H,46,47)(H,50,51)/p-1. The molecule has 1 saturated heterocycles. The molecule has 0 spiro atoms. The Labute approximate surface area is 313 Å². The Morgan fingerprint density at radius 1 is 0.849 bits per heavy atom. The first-order valence-electron chi connectivity index (χ1n) is 16.8. The van der Waals surface area contributed by atoms with E-state index in [2.05, 4.69) is 21.2 Å². The van der Waals surface area contributed by atoms with Crippen LogP contribution >= 0.6 is 11.8 Å². The molecular weight excluding hydrogens is 715 g/mol. The van der Waals surface area contributed by atoms with Crippen molar-refractivity contribution >= 4 is 57.7 Å². The van der Waals surface area contributed by atoms with Crippen molar-refractivity contribution in [3.05, 3.63) is 148 Å². The van der Waals surface area contributed by atoms with E-state index in [4.69, 9.17) is 0 Å². The summed E-state index contributed by atoms with van der Waals surface area (Å²) >= 11 is -1.45. The summed E-state index contributed by atoms with van der Waals surface area (Å²) in [5, 5.41) is 24.4. The summed E-state index contributed by atoms with van der Waals surface area (Å²) in [6, 6.07) is 35.2. The summed E-state index contributed by atoms with van der Waals surface area (Å²) in [6.45, 7) is 4.09. The number of nitrogens with zero attached hydrogens (tertiary/aromatic N) is 4. The van der Waals surface area contributed by atoms with E-state index < -0.39 is 28.1 Å². The monoisotopic (exact) mass is 750 g/mol. The van der Waals surface area contributed by atoms with Gasteiger partial charge in [-0.3, -0.25) is 24.0 Å². The normalized spacial score (nSPS) is 13.6. The lowest BCUT2D eigenvalue weighted by Crippen LogP contribution is -2.46. The number of anilines is 3. The molecule has 2 N–H and O–H groups in total. The largest absolute Gasteiger partial charge is 0.755 e. The van der Waals surface area contributed by atoms with Crippen LogP contribution in [0.15, 0.2) is 126 Å². The number of amides is 1. The molecule has 1 unspecified atom stereocenters. The number of nitrogens with one attached hydrogen (secondary N) is 1. The Kier molecular flexibility index (Phi) is 12.2. The second-order valence-corrected chi connectivity index (χ2v) is 14.2. The van der Waals surface area contributed by atoms with Crippen LogP contribution in [-0.2, 0) is 17.8 Å². The van der Waals surface area contributed by atoms with Gasteiger partial charge < -0.3 is 19.9 Å². The molecule has 0 aromatic heterocycles. The number of piperazine rings is 1. The third-order valence-corrected chi connectivity index (χ3v) is 10.5. The van der Waals surface area contributed by atoms with E-state index in [-0.39, 0.29) is 28.2 Å². The van der Waals surface area contributed by atoms with E-state index in [1.54, 1.807) is 54.2 Å². The first-order valence-corrected chi connectivity index (χ1v) is 18.8. The molecule has 5 aromatic carbocycles. The molecule has 6 rings (SSSR count).